The van der Waals surface area contributed by atoms with Gasteiger partial charge in [-0.3, -0.25) is 0 Å². The van der Waals surface area contributed by atoms with Gasteiger partial charge in [0.2, 0.25) is 0 Å². The van der Waals surface area contributed by atoms with E-state index >= 15 is 0 Å². The second-order valence-corrected chi connectivity index (χ2v) is 5.89. The van der Waals surface area contributed by atoms with Crippen LogP contribution in [-0.4, -0.2) is 54.0 Å². The summed E-state index contributed by atoms with van der Waals surface area (Å²) in [5.41, 5.74) is 0. The third-order valence-corrected chi connectivity index (χ3v) is 3.43. The smallest absolute Gasteiger partial charge is 0.190 e. The third-order valence-electron chi connectivity index (χ3n) is 3.43. The molecule has 0 amide bonds. The molecule has 18 heavy (non-hydrogen) atoms. The largest absolute Gasteiger partial charge is 0.394 e. The maximum absolute atomic E-state index is 9.40. The van der Waals surface area contributed by atoms with Gasteiger partial charge in [0.25, 0.3) is 0 Å². The number of aliphatic hydroxyl groups is 1. The zero-order chi connectivity index (χ0) is 13.1. The highest BCUT2D eigenvalue weighted by molar-refractivity contribution is 4.99. The van der Waals surface area contributed by atoms with Gasteiger partial charge in [-0.1, -0.05) is 0 Å². The van der Waals surface area contributed by atoms with Crippen LogP contribution in [0.3, 0.4) is 0 Å². The molecule has 1 N–H and O–H groups in total. The average Bonchev–Trinajstić information content (AvgIpc) is 2.71. The molecule has 0 aromatic rings. The molecule has 0 aromatic heterocycles. The lowest BCUT2D eigenvalue weighted by Crippen LogP contribution is -2.56. The molecule has 3 saturated heterocycles. The summed E-state index contributed by atoms with van der Waals surface area (Å²) < 4.78 is 28.9. The fourth-order valence-electron chi connectivity index (χ4n) is 2.84. The van der Waals surface area contributed by atoms with E-state index in [2.05, 4.69) is 0 Å². The molecule has 0 aliphatic carbocycles. The minimum absolute atomic E-state index is 0.131. The van der Waals surface area contributed by atoms with Gasteiger partial charge in [0.1, 0.15) is 24.4 Å². The van der Waals surface area contributed by atoms with Crippen molar-refractivity contribution in [3.05, 3.63) is 0 Å². The molecule has 1 unspecified atom stereocenters. The van der Waals surface area contributed by atoms with Crippen molar-refractivity contribution < 1.29 is 28.8 Å². The van der Waals surface area contributed by atoms with Crippen molar-refractivity contribution in [3.8, 4) is 0 Å². The van der Waals surface area contributed by atoms with Gasteiger partial charge in [-0.2, -0.15) is 0 Å². The molecule has 0 saturated carbocycles. The molecule has 0 bridgehead atoms. The molecule has 6 nitrogen and oxygen atoms in total. The van der Waals surface area contributed by atoms with Crippen LogP contribution in [0.1, 0.15) is 27.7 Å². The monoisotopic (exact) mass is 260 g/mol. The maximum atomic E-state index is 9.40. The standard InChI is InChI=1S/C12H20O6/c1-11(2)15-7-6(5-13)14-10-9(8(7)16-11)17-12(3,4)18-10/h6-10,13H,5H2,1-4H3/t6-,7+,8+,9-,10?/m0/s1. The summed E-state index contributed by atoms with van der Waals surface area (Å²) in [5, 5.41) is 9.40. The minimum Gasteiger partial charge on any atom is -0.394 e. The van der Waals surface area contributed by atoms with Gasteiger partial charge >= 0.3 is 0 Å². The second-order valence-electron chi connectivity index (χ2n) is 5.89. The minimum atomic E-state index is -0.708. The predicted octanol–water partition coefficient (Wildman–Crippen LogP) is 0.375. The van der Waals surface area contributed by atoms with Gasteiger partial charge in [0.05, 0.1) is 6.61 Å². The summed E-state index contributed by atoms with van der Waals surface area (Å²) in [4.78, 5) is 0. The molecule has 5 atom stereocenters. The summed E-state index contributed by atoms with van der Waals surface area (Å²) in [6.45, 7) is 7.22. The van der Waals surface area contributed by atoms with Crippen LogP contribution in [0.15, 0.2) is 0 Å². The Bertz CT molecular complexity index is 341. The van der Waals surface area contributed by atoms with Crippen LogP contribution in [0.4, 0.5) is 0 Å². The Morgan fingerprint density at radius 1 is 0.833 bits per heavy atom. The predicted molar refractivity (Wildman–Crippen MR) is 59.6 cm³/mol. The Morgan fingerprint density at radius 3 is 2.06 bits per heavy atom. The fraction of sp³-hybridized carbons (Fsp3) is 1.00. The highest BCUT2D eigenvalue weighted by Gasteiger charge is 2.60. The molecule has 6 heteroatoms. The molecular formula is C12H20O6. The number of fused-ring (bicyclic) bond motifs is 3. The molecule has 0 aromatic carbocycles. The molecule has 3 heterocycles. The van der Waals surface area contributed by atoms with Crippen molar-refractivity contribution in [2.75, 3.05) is 6.61 Å². The highest BCUT2D eigenvalue weighted by atomic mass is 16.9. The maximum Gasteiger partial charge on any atom is 0.190 e. The Labute approximate surface area is 106 Å². The van der Waals surface area contributed by atoms with Gasteiger partial charge in [-0.25, -0.2) is 0 Å². The lowest BCUT2D eigenvalue weighted by molar-refractivity contribution is -0.240. The summed E-state index contributed by atoms with van der Waals surface area (Å²) in [5.74, 6) is -1.41. The molecule has 3 fully saturated rings. The normalized spacial score (nSPS) is 48.8. The van der Waals surface area contributed by atoms with E-state index < -0.39 is 24.0 Å². The first-order valence-corrected chi connectivity index (χ1v) is 6.29. The van der Waals surface area contributed by atoms with Crippen LogP contribution in [0.5, 0.6) is 0 Å². The van der Waals surface area contributed by atoms with Crippen molar-refractivity contribution in [1.29, 1.82) is 0 Å². The van der Waals surface area contributed by atoms with E-state index in [-0.39, 0.29) is 24.9 Å². The first-order chi connectivity index (χ1) is 8.31. The zero-order valence-corrected chi connectivity index (χ0v) is 11.1. The van der Waals surface area contributed by atoms with Crippen molar-refractivity contribution >= 4 is 0 Å². The number of hydrogen-bond acceptors (Lipinski definition) is 6. The lowest BCUT2D eigenvalue weighted by atomic mass is 9.99. The van der Waals surface area contributed by atoms with E-state index in [9.17, 15) is 5.11 Å². The van der Waals surface area contributed by atoms with Crippen molar-refractivity contribution in [1.82, 2.24) is 0 Å². The molecule has 104 valence electrons. The Balaban J connectivity index is 1.86. The van der Waals surface area contributed by atoms with E-state index in [1.807, 2.05) is 27.7 Å². The first-order valence-electron chi connectivity index (χ1n) is 6.29. The fourth-order valence-corrected chi connectivity index (χ4v) is 2.84. The summed E-state index contributed by atoms with van der Waals surface area (Å²) in [6, 6.07) is 0. The molecule has 0 radical (unpaired) electrons. The quantitative estimate of drug-likeness (QED) is 0.735. The van der Waals surface area contributed by atoms with Crippen LogP contribution in [0.2, 0.25) is 0 Å². The van der Waals surface area contributed by atoms with E-state index in [0.717, 1.165) is 0 Å². The molecule has 3 aliphatic rings. The average molecular weight is 260 g/mol. The van der Waals surface area contributed by atoms with Crippen LogP contribution in [0, 0.1) is 0 Å². The summed E-state index contributed by atoms with van der Waals surface area (Å²) in [7, 11) is 0. The van der Waals surface area contributed by atoms with Crippen molar-refractivity contribution in [2.45, 2.75) is 70.0 Å². The first kappa shape index (κ1) is 12.8. The number of hydrogen-bond donors (Lipinski definition) is 1. The third kappa shape index (κ3) is 1.97. The number of rotatable bonds is 1. The van der Waals surface area contributed by atoms with E-state index in [1.165, 1.54) is 0 Å². The lowest BCUT2D eigenvalue weighted by Gasteiger charge is -2.36. The molecule has 3 rings (SSSR count). The van der Waals surface area contributed by atoms with E-state index in [1.54, 1.807) is 0 Å². The van der Waals surface area contributed by atoms with Crippen molar-refractivity contribution in [2.24, 2.45) is 0 Å². The second kappa shape index (κ2) is 3.88. The Kier molecular flexibility index (Phi) is 2.75. The van der Waals surface area contributed by atoms with Gasteiger partial charge in [0, 0.05) is 0 Å². The van der Waals surface area contributed by atoms with E-state index in [4.69, 9.17) is 23.7 Å². The summed E-state index contributed by atoms with van der Waals surface area (Å²) in [6.07, 6.45) is -1.90. The topological polar surface area (TPSA) is 66.4 Å². The molecular weight excluding hydrogens is 240 g/mol. The van der Waals surface area contributed by atoms with Crippen LogP contribution in [-0.2, 0) is 23.7 Å². The number of ether oxygens (including phenoxy) is 5. The SMILES string of the molecule is CC1(C)O[C@@H]2[C@H](O1)[C@H](CO)OC1OC(C)(C)O[C@H]12. The molecule has 3 aliphatic heterocycles. The Morgan fingerprint density at radius 2 is 1.39 bits per heavy atom. The zero-order valence-electron chi connectivity index (χ0n) is 11.1. The van der Waals surface area contributed by atoms with Gasteiger partial charge in [-0.05, 0) is 27.7 Å². The van der Waals surface area contributed by atoms with Crippen LogP contribution >= 0.6 is 0 Å². The van der Waals surface area contributed by atoms with Gasteiger partial charge < -0.3 is 28.8 Å². The highest BCUT2D eigenvalue weighted by Crippen LogP contribution is 2.43. The van der Waals surface area contributed by atoms with Gasteiger partial charge in [-0.15, -0.1) is 0 Å². The van der Waals surface area contributed by atoms with Crippen molar-refractivity contribution in [3.63, 3.8) is 0 Å². The van der Waals surface area contributed by atoms with Crippen LogP contribution in [0.25, 0.3) is 0 Å². The summed E-state index contributed by atoms with van der Waals surface area (Å²) >= 11 is 0. The van der Waals surface area contributed by atoms with E-state index in [0.29, 0.717) is 0 Å². The Hall–Kier alpha value is -0.240. The van der Waals surface area contributed by atoms with Crippen LogP contribution < -0.4 is 0 Å². The molecule has 0 spiro atoms. The number of aliphatic hydroxyl groups excluding tert-OH is 1. The van der Waals surface area contributed by atoms with Gasteiger partial charge in [0.15, 0.2) is 17.9 Å².